The number of hydrogen-bond acceptors (Lipinski definition) is 3. The van der Waals surface area contributed by atoms with Gasteiger partial charge in [0.25, 0.3) is 0 Å². The molecule has 0 spiro atoms. The molecule has 1 aromatic rings. The van der Waals surface area contributed by atoms with Crippen molar-refractivity contribution in [1.29, 1.82) is 0 Å². The van der Waals surface area contributed by atoms with Crippen LogP contribution in [0.15, 0.2) is 18.2 Å². The van der Waals surface area contributed by atoms with Gasteiger partial charge >= 0.3 is 0 Å². The van der Waals surface area contributed by atoms with Crippen molar-refractivity contribution < 1.29 is 4.74 Å². The summed E-state index contributed by atoms with van der Waals surface area (Å²) in [7, 11) is 1.64. The first-order chi connectivity index (χ1) is 8.17. The van der Waals surface area contributed by atoms with Crippen LogP contribution in [0.5, 0.6) is 5.75 Å². The zero-order valence-electron chi connectivity index (χ0n) is 10.5. The second-order valence-corrected chi connectivity index (χ2v) is 4.68. The highest BCUT2D eigenvalue weighted by Crippen LogP contribution is 2.22. The second kappa shape index (κ2) is 7.54. The molecule has 17 heavy (non-hydrogen) atoms. The van der Waals surface area contributed by atoms with E-state index in [1.54, 1.807) is 7.11 Å². The molecular weight excluding hydrogens is 236 g/mol. The molecule has 0 saturated carbocycles. The molecule has 0 saturated heterocycles. The lowest BCUT2D eigenvalue weighted by molar-refractivity contribution is 0.414. The molecule has 0 aromatic heterocycles. The van der Waals surface area contributed by atoms with Crippen molar-refractivity contribution in [2.24, 2.45) is 11.7 Å². The van der Waals surface area contributed by atoms with Crippen LogP contribution in [0.4, 0.5) is 0 Å². The van der Waals surface area contributed by atoms with Crippen LogP contribution in [-0.4, -0.2) is 20.2 Å². The van der Waals surface area contributed by atoms with Gasteiger partial charge in [-0.05, 0) is 43.1 Å². The van der Waals surface area contributed by atoms with Gasteiger partial charge in [0.15, 0.2) is 0 Å². The molecule has 0 aliphatic carbocycles. The predicted octanol–water partition coefficient (Wildman–Crippen LogP) is 2.42. The quantitative estimate of drug-likeness (QED) is 0.788. The van der Waals surface area contributed by atoms with E-state index in [1.165, 1.54) is 0 Å². The highest BCUT2D eigenvalue weighted by Gasteiger charge is 2.04. The minimum Gasteiger partial charge on any atom is -0.497 e. The van der Waals surface area contributed by atoms with E-state index in [4.69, 9.17) is 22.1 Å². The average molecular weight is 257 g/mol. The number of rotatable bonds is 7. The van der Waals surface area contributed by atoms with E-state index >= 15 is 0 Å². The second-order valence-electron chi connectivity index (χ2n) is 4.27. The molecule has 1 rings (SSSR count). The van der Waals surface area contributed by atoms with Crippen LogP contribution in [0.3, 0.4) is 0 Å². The molecule has 0 amide bonds. The van der Waals surface area contributed by atoms with Gasteiger partial charge in [0, 0.05) is 11.6 Å². The Labute approximate surface area is 108 Å². The van der Waals surface area contributed by atoms with E-state index < -0.39 is 0 Å². The lowest BCUT2D eigenvalue weighted by Crippen LogP contribution is -2.22. The van der Waals surface area contributed by atoms with Crippen molar-refractivity contribution in [3.05, 3.63) is 28.8 Å². The van der Waals surface area contributed by atoms with Crippen molar-refractivity contribution >= 4 is 11.6 Å². The summed E-state index contributed by atoms with van der Waals surface area (Å²) in [5.41, 5.74) is 6.60. The van der Waals surface area contributed by atoms with Crippen LogP contribution in [0.25, 0.3) is 0 Å². The fraction of sp³-hybridized carbons (Fsp3) is 0.538. The van der Waals surface area contributed by atoms with Gasteiger partial charge in [-0.1, -0.05) is 24.6 Å². The molecule has 3 N–H and O–H groups in total. The number of halogens is 1. The van der Waals surface area contributed by atoms with Gasteiger partial charge in [0.1, 0.15) is 5.75 Å². The lowest BCUT2D eigenvalue weighted by atomic mass is 10.1. The summed E-state index contributed by atoms with van der Waals surface area (Å²) in [5.74, 6) is 1.38. The van der Waals surface area contributed by atoms with Crippen molar-refractivity contribution in [2.45, 2.75) is 19.9 Å². The number of benzene rings is 1. The Bertz CT molecular complexity index is 344. The van der Waals surface area contributed by atoms with E-state index in [2.05, 4.69) is 12.2 Å². The Balaban J connectivity index is 2.41. The molecule has 0 bridgehead atoms. The molecule has 1 atom stereocenters. The summed E-state index contributed by atoms with van der Waals surface area (Å²) in [6, 6.07) is 5.75. The predicted molar refractivity (Wildman–Crippen MR) is 72.5 cm³/mol. The SMILES string of the molecule is COc1ccc(CNCC(C)CCN)c(Cl)c1. The fourth-order valence-electron chi connectivity index (χ4n) is 1.64. The summed E-state index contributed by atoms with van der Waals surface area (Å²) >= 11 is 6.14. The maximum atomic E-state index is 6.14. The normalized spacial score (nSPS) is 12.5. The zero-order chi connectivity index (χ0) is 12.7. The molecule has 0 heterocycles. The van der Waals surface area contributed by atoms with Gasteiger partial charge < -0.3 is 15.8 Å². The molecule has 3 nitrogen and oxygen atoms in total. The molecule has 0 fully saturated rings. The molecule has 0 radical (unpaired) electrons. The molecule has 0 aliphatic heterocycles. The van der Waals surface area contributed by atoms with Gasteiger partial charge in [0.2, 0.25) is 0 Å². The Morgan fingerprint density at radius 1 is 1.47 bits per heavy atom. The minimum absolute atomic E-state index is 0.594. The number of nitrogens with one attached hydrogen (secondary N) is 1. The summed E-state index contributed by atoms with van der Waals surface area (Å²) in [5, 5.41) is 4.12. The smallest absolute Gasteiger partial charge is 0.120 e. The first kappa shape index (κ1) is 14.3. The standard InChI is InChI=1S/C13H21ClN2O/c1-10(5-6-15)8-16-9-11-3-4-12(17-2)7-13(11)14/h3-4,7,10,16H,5-6,8-9,15H2,1-2H3. The van der Waals surface area contributed by atoms with Gasteiger partial charge in [0.05, 0.1) is 7.11 Å². The summed E-state index contributed by atoms with van der Waals surface area (Å²) in [4.78, 5) is 0. The first-order valence-corrected chi connectivity index (χ1v) is 6.28. The van der Waals surface area contributed by atoms with Crippen LogP contribution in [0.2, 0.25) is 5.02 Å². The Hall–Kier alpha value is -0.770. The van der Waals surface area contributed by atoms with Crippen LogP contribution in [0.1, 0.15) is 18.9 Å². The van der Waals surface area contributed by atoms with E-state index in [9.17, 15) is 0 Å². The largest absolute Gasteiger partial charge is 0.497 e. The highest BCUT2D eigenvalue weighted by molar-refractivity contribution is 6.31. The number of hydrogen-bond donors (Lipinski definition) is 2. The van der Waals surface area contributed by atoms with Crippen LogP contribution < -0.4 is 15.8 Å². The number of methoxy groups -OCH3 is 1. The third kappa shape index (κ3) is 4.94. The third-order valence-electron chi connectivity index (χ3n) is 2.73. The van der Waals surface area contributed by atoms with Gasteiger partial charge in [-0.15, -0.1) is 0 Å². The topological polar surface area (TPSA) is 47.3 Å². The molecular formula is C13H21ClN2O. The Morgan fingerprint density at radius 3 is 2.82 bits per heavy atom. The van der Waals surface area contributed by atoms with Crippen molar-refractivity contribution in [1.82, 2.24) is 5.32 Å². The van der Waals surface area contributed by atoms with Crippen molar-refractivity contribution in [3.8, 4) is 5.75 Å². The molecule has 4 heteroatoms. The zero-order valence-corrected chi connectivity index (χ0v) is 11.3. The van der Waals surface area contributed by atoms with Crippen molar-refractivity contribution in [2.75, 3.05) is 20.2 Å². The fourth-order valence-corrected chi connectivity index (χ4v) is 1.88. The van der Waals surface area contributed by atoms with E-state index in [0.717, 1.165) is 42.4 Å². The maximum Gasteiger partial charge on any atom is 0.120 e. The average Bonchev–Trinajstić information content (AvgIpc) is 2.31. The summed E-state index contributed by atoms with van der Waals surface area (Å²) < 4.78 is 5.11. The van der Waals surface area contributed by atoms with E-state index in [-0.39, 0.29) is 0 Å². The van der Waals surface area contributed by atoms with Crippen LogP contribution >= 0.6 is 11.6 Å². The third-order valence-corrected chi connectivity index (χ3v) is 3.08. The van der Waals surface area contributed by atoms with Crippen LogP contribution in [-0.2, 0) is 6.54 Å². The van der Waals surface area contributed by atoms with Crippen molar-refractivity contribution in [3.63, 3.8) is 0 Å². The Kier molecular flexibility index (Phi) is 6.34. The van der Waals surface area contributed by atoms with Gasteiger partial charge in [-0.2, -0.15) is 0 Å². The summed E-state index contributed by atoms with van der Waals surface area (Å²) in [6.07, 6.45) is 1.04. The minimum atomic E-state index is 0.594. The van der Waals surface area contributed by atoms with Gasteiger partial charge in [-0.3, -0.25) is 0 Å². The van der Waals surface area contributed by atoms with E-state index in [0.29, 0.717) is 5.92 Å². The highest BCUT2D eigenvalue weighted by atomic mass is 35.5. The molecule has 1 unspecified atom stereocenters. The molecule has 0 aliphatic rings. The number of ether oxygens (including phenoxy) is 1. The number of nitrogens with two attached hydrogens (primary N) is 1. The lowest BCUT2D eigenvalue weighted by Gasteiger charge is -2.12. The van der Waals surface area contributed by atoms with E-state index in [1.807, 2.05) is 18.2 Å². The summed E-state index contributed by atoms with van der Waals surface area (Å²) in [6.45, 7) is 4.67. The monoisotopic (exact) mass is 256 g/mol. The Morgan fingerprint density at radius 2 is 2.24 bits per heavy atom. The maximum absolute atomic E-state index is 6.14. The van der Waals surface area contributed by atoms with Crippen LogP contribution in [0, 0.1) is 5.92 Å². The molecule has 96 valence electrons. The first-order valence-electron chi connectivity index (χ1n) is 5.90. The molecule has 1 aromatic carbocycles. The van der Waals surface area contributed by atoms with Gasteiger partial charge in [-0.25, -0.2) is 0 Å².